The molecule has 0 saturated carbocycles. The van der Waals surface area contributed by atoms with Crippen molar-refractivity contribution in [2.24, 2.45) is 11.8 Å². The summed E-state index contributed by atoms with van der Waals surface area (Å²) < 4.78 is 6.67. The predicted octanol–water partition coefficient (Wildman–Crippen LogP) is 3.60. The minimum atomic E-state index is -1.90. The molecule has 11 heteroatoms. The van der Waals surface area contributed by atoms with Crippen molar-refractivity contribution in [1.82, 2.24) is 9.80 Å². The van der Waals surface area contributed by atoms with Gasteiger partial charge in [0.2, 0.25) is 35.4 Å². The van der Waals surface area contributed by atoms with Crippen LogP contribution in [0.5, 0.6) is 0 Å². The molecule has 2 saturated heterocycles. The number of unbranched alkanes of at least 4 members (excludes halogenated alkanes) is 2. The van der Waals surface area contributed by atoms with Crippen LogP contribution in [0.25, 0.3) is 0 Å². The largest absolute Gasteiger partial charge is 0.455 e. The summed E-state index contributed by atoms with van der Waals surface area (Å²) >= 11 is 0. The summed E-state index contributed by atoms with van der Waals surface area (Å²) in [5.74, 6) is -3.27. The summed E-state index contributed by atoms with van der Waals surface area (Å²) in [5.41, 5.74) is 0. The highest BCUT2D eigenvalue weighted by molar-refractivity contribution is 6.84. The molecular formula is C24H40N2O7Si2. The number of carbonyl (C=O) groups is 6. The summed E-state index contributed by atoms with van der Waals surface area (Å²) in [6.45, 7) is 11.3. The maximum Gasteiger partial charge on any atom is 0.239 e. The van der Waals surface area contributed by atoms with E-state index in [0.29, 0.717) is 12.8 Å². The molecule has 0 radical (unpaired) electrons. The Balaban J connectivity index is 1.69. The smallest absolute Gasteiger partial charge is 0.239 e. The van der Waals surface area contributed by atoms with E-state index in [9.17, 15) is 28.8 Å². The number of carbonyl (C=O) groups excluding carboxylic acids is 6. The lowest BCUT2D eigenvalue weighted by molar-refractivity contribution is -0.151. The topological polar surface area (TPSA) is 118 Å². The molecule has 9 nitrogen and oxygen atoms in total. The molecule has 0 N–H and O–H groups in total. The van der Waals surface area contributed by atoms with Crippen molar-refractivity contribution >= 4 is 52.1 Å². The van der Waals surface area contributed by atoms with Crippen LogP contribution in [-0.2, 0) is 32.9 Å². The Kier molecular flexibility index (Phi) is 9.89. The van der Waals surface area contributed by atoms with Crippen LogP contribution in [0, 0.1) is 11.8 Å². The lowest BCUT2D eigenvalue weighted by Gasteiger charge is -2.34. The number of amides is 6. The zero-order valence-corrected chi connectivity index (χ0v) is 24.0. The summed E-state index contributed by atoms with van der Waals surface area (Å²) in [5, 5.41) is 0. The SMILES string of the molecule is CC(=O)N1C(=O)CC(CCCC[Si](C)(C)O[Si](C)(C)CCCCC2CC(=O)N(C(C)=O)C2=O)C1=O. The molecule has 2 aliphatic heterocycles. The van der Waals surface area contributed by atoms with E-state index in [4.69, 9.17) is 4.12 Å². The number of imide groups is 6. The molecule has 0 bridgehead atoms. The van der Waals surface area contributed by atoms with Crippen LogP contribution in [-0.4, -0.2) is 61.9 Å². The first-order valence-electron chi connectivity index (χ1n) is 12.6. The minimum Gasteiger partial charge on any atom is -0.455 e. The third kappa shape index (κ3) is 8.01. The van der Waals surface area contributed by atoms with E-state index in [1.165, 1.54) is 13.8 Å². The predicted molar refractivity (Wildman–Crippen MR) is 135 cm³/mol. The number of nitrogens with zero attached hydrogens (tertiary/aromatic N) is 2. The van der Waals surface area contributed by atoms with Crippen molar-refractivity contribution in [2.45, 2.75) is 103 Å². The van der Waals surface area contributed by atoms with Gasteiger partial charge in [0, 0.05) is 38.5 Å². The first kappa shape index (κ1) is 29.2. The van der Waals surface area contributed by atoms with Crippen molar-refractivity contribution < 1.29 is 32.9 Å². The second-order valence-electron chi connectivity index (χ2n) is 11.1. The zero-order chi connectivity index (χ0) is 26.6. The molecule has 6 amide bonds. The monoisotopic (exact) mass is 524 g/mol. The number of rotatable bonds is 12. The highest BCUT2D eigenvalue weighted by Gasteiger charge is 2.41. The number of hydrogen-bond acceptors (Lipinski definition) is 7. The lowest BCUT2D eigenvalue weighted by atomic mass is 10.0. The summed E-state index contributed by atoms with van der Waals surface area (Å²) in [6.07, 6.45) is 4.97. The van der Waals surface area contributed by atoms with Crippen molar-refractivity contribution in [3.63, 3.8) is 0 Å². The molecule has 196 valence electrons. The van der Waals surface area contributed by atoms with E-state index in [1.807, 2.05) is 0 Å². The van der Waals surface area contributed by atoms with E-state index < -0.39 is 40.3 Å². The van der Waals surface area contributed by atoms with Gasteiger partial charge in [-0.05, 0) is 51.1 Å². The highest BCUT2D eigenvalue weighted by Crippen LogP contribution is 2.30. The van der Waals surface area contributed by atoms with E-state index in [0.717, 1.165) is 47.6 Å². The van der Waals surface area contributed by atoms with Gasteiger partial charge >= 0.3 is 0 Å². The fourth-order valence-electron chi connectivity index (χ4n) is 5.24. The quantitative estimate of drug-likeness (QED) is 0.217. The third-order valence-electron chi connectivity index (χ3n) is 6.83. The van der Waals surface area contributed by atoms with Crippen LogP contribution in [0.3, 0.4) is 0 Å². The van der Waals surface area contributed by atoms with Gasteiger partial charge < -0.3 is 4.12 Å². The molecule has 0 aliphatic carbocycles. The number of likely N-dealkylation sites (tertiary alicyclic amines) is 2. The van der Waals surface area contributed by atoms with Crippen molar-refractivity contribution in [2.75, 3.05) is 0 Å². The molecule has 0 aromatic carbocycles. The fourth-order valence-corrected chi connectivity index (χ4v) is 14.2. The Morgan fingerprint density at radius 3 is 1.34 bits per heavy atom. The van der Waals surface area contributed by atoms with Crippen molar-refractivity contribution in [3.8, 4) is 0 Å². The average molecular weight is 525 g/mol. The van der Waals surface area contributed by atoms with Crippen LogP contribution in [0.2, 0.25) is 38.3 Å². The maximum atomic E-state index is 12.2. The molecule has 2 aliphatic rings. The number of hydrogen-bond donors (Lipinski definition) is 0. The van der Waals surface area contributed by atoms with Gasteiger partial charge in [-0.2, -0.15) is 0 Å². The first-order chi connectivity index (χ1) is 16.1. The van der Waals surface area contributed by atoms with E-state index in [1.54, 1.807) is 0 Å². The Morgan fingerprint density at radius 1 is 0.714 bits per heavy atom. The molecule has 0 aromatic rings. The average Bonchev–Trinajstić information content (AvgIpc) is 3.15. The molecule has 2 heterocycles. The minimum absolute atomic E-state index is 0.128. The Morgan fingerprint density at radius 2 is 1.06 bits per heavy atom. The van der Waals surface area contributed by atoms with Gasteiger partial charge in [0.15, 0.2) is 16.6 Å². The van der Waals surface area contributed by atoms with Crippen LogP contribution in [0.15, 0.2) is 0 Å². The molecule has 2 atom stereocenters. The van der Waals surface area contributed by atoms with Gasteiger partial charge in [0.1, 0.15) is 0 Å². The van der Waals surface area contributed by atoms with Gasteiger partial charge in [-0.15, -0.1) is 0 Å². The Bertz CT molecular complexity index is 817. The highest BCUT2D eigenvalue weighted by atomic mass is 28.4. The van der Waals surface area contributed by atoms with Crippen molar-refractivity contribution in [3.05, 3.63) is 0 Å². The molecule has 35 heavy (non-hydrogen) atoms. The molecule has 0 aromatic heterocycles. The van der Waals surface area contributed by atoms with E-state index >= 15 is 0 Å². The molecule has 2 unspecified atom stereocenters. The van der Waals surface area contributed by atoms with Crippen LogP contribution >= 0.6 is 0 Å². The van der Waals surface area contributed by atoms with Gasteiger partial charge in [-0.1, -0.05) is 25.7 Å². The molecule has 0 spiro atoms. The van der Waals surface area contributed by atoms with E-state index in [2.05, 4.69) is 26.2 Å². The van der Waals surface area contributed by atoms with Gasteiger partial charge in [0.05, 0.1) is 0 Å². The summed E-state index contributed by atoms with van der Waals surface area (Å²) in [4.78, 5) is 72.7. The normalized spacial score (nSPS) is 21.4. The molecular weight excluding hydrogens is 484 g/mol. The van der Waals surface area contributed by atoms with Crippen LogP contribution in [0.4, 0.5) is 0 Å². The molecule has 2 rings (SSSR count). The first-order valence-corrected chi connectivity index (χ1v) is 18.8. The van der Waals surface area contributed by atoms with E-state index in [-0.39, 0.29) is 36.5 Å². The second kappa shape index (κ2) is 11.8. The van der Waals surface area contributed by atoms with Gasteiger partial charge in [-0.25, -0.2) is 9.80 Å². The zero-order valence-electron chi connectivity index (χ0n) is 22.0. The standard InChI is InChI=1S/C24H40N2O7Si2/c1-17(27)25-21(29)15-19(23(25)31)11-7-9-13-34(3,4)33-35(5,6)14-10-8-12-20-16-22(30)26(18(2)28)24(20)32/h19-20H,7-16H2,1-6H3. The molecule has 2 fully saturated rings. The second-order valence-corrected chi connectivity index (χ2v) is 19.9. The fraction of sp³-hybridized carbons (Fsp3) is 0.750. The Labute approximate surface area is 210 Å². The van der Waals surface area contributed by atoms with Gasteiger partial charge in [-0.3, -0.25) is 28.8 Å². The van der Waals surface area contributed by atoms with Gasteiger partial charge in [0.25, 0.3) is 0 Å². The Hall–Kier alpha value is -1.99. The van der Waals surface area contributed by atoms with Crippen molar-refractivity contribution in [1.29, 1.82) is 0 Å². The van der Waals surface area contributed by atoms with Crippen LogP contribution < -0.4 is 0 Å². The summed E-state index contributed by atoms with van der Waals surface area (Å²) in [6, 6.07) is 1.93. The third-order valence-corrected chi connectivity index (χ3v) is 14.4. The van der Waals surface area contributed by atoms with Crippen LogP contribution in [0.1, 0.15) is 65.2 Å². The lowest BCUT2D eigenvalue weighted by Crippen LogP contribution is -2.44. The summed E-state index contributed by atoms with van der Waals surface area (Å²) in [7, 11) is -3.81. The maximum absolute atomic E-state index is 12.2.